The number of aliphatic hydroxyl groups is 1. The Balaban J connectivity index is 2.04. The number of amides is 1. The number of halogens is 2. The van der Waals surface area contributed by atoms with Gasteiger partial charge in [-0.2, -0.15) is 0 Å². The van der Waals surface area contributed by atoms with E-state index in [0.29, 0.717) is 31.0 Å². The van der Waals surface area contributed by atoms with Gasteiger partial charge in [-0.3, -0.25) is 0 Å². The van der Waals surface area contributed by atoms with Crippen LogP contribution in [-0.2, 0) is 11.2 Å². The molecule has 1 saturated heterocycles. The van der Waals surface area contributed by atoms with E-state index in [-0.39, 0.29) is 12.0 Å². The zero-order valence-electron chi connectivity index (χ0n) is 13.7. The molecule has 1 aromatic carbocycles. The van der Waals surface area contributed by atoms with E-state index in [9.17, 15) is 14.3 Å². The Bertz CT molecular complexity index is 573. The number of aliphatic hydroxyl groups excluding tert-OH is 1. The summed E-state index contributed by atoms with van der Waals surface area (Å²) in [5, 5.41) is 10.6. The first-order valence-corrected chi connectivity index (χ1v) is 8.13. The monoisotopic (exact) mass is 343 g/mol. The summed E-state index contributed by atoms with van der Waals surface area (Å²) < 4.78 is 18.5. The maximum atomic E-state index is 13.1. The molecule has 1 N–H and O–H groups in total. The van der Waals surface area contributed by atoms with Crippen molar-refractivity contribution in [2.75, 3.05) is 13.1 Å². The summed E-state index contributed by atoms with van der Waals surface area (Å²) >= 11 is 6.06. The Morgan fingerprint density at radius 3 is 2.78 bits per heavy atom. The van der Waals surface area contributed by atoms with Crippen LogP contribution in [0.1, 0.15) is 32.8 Å². The highest BCUT2D eigenvalue weighted by atomic mass is 35.5. The molecule has 4 nitrogen and oxygen atoms in total. The van der Waals surface area contributed by atoms with Gasteiger partial charge in [-0.05, 0) is 51.3 Å². The fourth-order valence-electron chi connectivity index (χ4n) is 2.68. The molecule has 0 aromatic heterocycles. The number of likely N-dealkylation sites (tertiary alicyclic amines) is 1. The molecular weight excluding hydrogens is 321 g/mol. The van der Waals surface area contributed by atoms with Crippen molar-refractivity contribution in [3.63, 3.8) is 0 Å². The Labute approximate surface area is 141 Å². The SMILES string of the molecule is CC(C)(C)OC(=O)N1CCC(O)C(Cc2ccc(F)cc2Cl)C1. The Kier molecular flexibility index (Phi) is 5.53. The zero-order chi connectivity index (χ0) is 17.2. The van der Waals surface area contributed by atoms with Crippen molar-refractivity contribution in [3.05, 3.63) is 34.6 Å². The standard InChI is InChI=1S/C17H23ClFNO3/c1-17(2,3)23-16(22)20-7-6-15(21)12(10-20)8-11-4-5-13(19)9-14(11)18/h4-5,9,12,15,21H,6-8,10H2,1-3H3. The molecule has 2 rings (SSSR count). The number of nitrogens with zero attached hydrogens (tertiary/aromatic N) is 1. The van der Waals surface area contributed by atoms with Crippen molar-refractivity contribution in [1.82, 2.24) is 4.90 Å². The van der Waals surface area contributed by atoms with Gasteiger partial charge >= 0.3 is 6.09 Å². The number of benzene rings is 1. The molecule has 1 aromatic rings. The van der Waals surface area contributed by atoms with Crippen LogP contribution in [0.5, 0.6) is 0 Å². The smallest absolute Gasteiger partial charge is 0.410 e. The van der Waals surface area contributed by atoms with Crippen molar-refractivity contribution < 1.29 is 19.0 Å². The maximum Gasteiger partial charge on any atom is 0.410 e. The highest BCUT2D eigenvalue weighted by Gasteiger charge is 2.32. The first kappa shape index (κ1) is 18.0. The second-order valence-electron chi connectivity index (χ2n) is 6.98. The van der Waals surface area contributed by atoms with Gasteiger partial charge < -0.3 is 14.7 Å². The minimum Gasteiger partial charge on any atom is -0.444 e. The lowest BCUT2D eigenvalue weighted by Crippen LogP contribution is -2.48. The normalized spacial score (nSPS) is 22.1. The number of carbonyl (C=O) groups excluding carboxylic acids is 1. The third-order valence-electron chi connectivity index (χ3n) is 3.84. The summed E-state index contributed by atoms with van der Waals surface area (Å²) in [5.41, 5.74) is 0.214. The lowest BCUT2D eigenvalue weighted by atomic mass is 9.89. The predicted molar refractivity (Wildman–Crippen MR) is 87.0 cm³/mol. The fraction of sp³-hybridized carbons (Fsp3) is 0.588. The summed E-state index contributed by atoms with van der Waals surface area (Å²) in [6.45, 7) is 6.31. The first-order chi connectivity index (χ1) is 10.7. The molecule has 128 valence electrons. The van der Waals surface area contributed by atoms with E-state index in [1.54, 1.807) is 11.0 Å². The summed E-state index contributed by atoms with van der Waals surface area (Å²) in [7, 11) is 0. The number of rotatable bonds is 2. The van der Waals surface area contributed by atoms with Crippen LogP contribution in [0.15, 0.2) is 18.2 Å². The number of piperidine rings is 1. The van der Waals surface area contributed by atoms with Crippen LogP contribution in [0.25, 0.3) is 0 Å². The van der Waals surface area contributed by atoms with E-state index >= 15 is 0 Å². The van der Waals surface area contributed by atoms with Crippen molar-refractivity contribution in [2.24, 2.45) is 5.92 Å². The first-order valence-electron chi connectivity index (χ1n) is 7.75. The lowest BCUT2D eigenvalue weighted by molar-refractivity contribution is -0.00823. The van der Waals surface area contributed by atoms with Gasteiger partial charge in [-0.25, -0.2) is 9.18 Å². The third kappa shape index (κ3) is 5.08. The Morgan fingerprint density at radius 1 is 1.48 bits per heavy atom. The Morgan fingerprint density at radius 2 is 2.17 bits per heavy atom. The number of carbonyl (C=O) groups is 1. The maximum absolute atomic E-state index is 13.1. The van der Waals surface area contributed by atoms with Crippen molar-refractivity contribution in [2.45, 2.75) is 45.3 Å². The van der Waals surface area contributed by atoms with E-state index in [1.165, 1.54) is 12.1 Å². The summed E-state index contributed by atoms with van der Waals surface area (Å²) in [4.78, 5) is 13.8. The third-order valence-corrected chi connectivity index (χ3v) is 4.19. The molecule has 0 aliphatic carbocycles. The molecule has 1 aliphatic heterocycles. The molecular formula is C17H23ClFNO3. The molecule has 1 aliphatic rings. The van der Waals surface area contributed by atoms with Crippen LogP contribution in [0, 0.1) is 11.7 Å². The highest BCUT2D eigenvalue weighted by Crippen LogP contribution is 2.26. The highest BCUT2D eigenvalue weighted by molar-refractivity contribution is 6.31. The van der Waals surface area contributed by atoms with Crippen LogP contribution in [0.3, 0.4) is 0 Å². The molecule has 2 atom stereocenters. The number of hydrogen-bond acceptors (Lipinski definition) is 3. The van der Waals surface area contributed by atoms with Gasteiger partial charge in [0.25, 0.3) is 0 Å². The zero-order valence-corrected chi connectivity index (χ0v) is 14.4. The van der Waals surface area contributed by atoms with Crippen LogP contribution in [-0.4, -0.2) is 40.9 Å². The average molecular weight is 344 g/mol. The van der Waals surface area contributed by atoms with E-state index < -0.39 is 17.5 Å². The summed E-state index contributed by atoms with van der Waals surface area (Å²) in [5.74, 6) is -0.544. The molecule has 0 bridgehead atoms. The topological polar surface area (TPSA) is 49.8 Å². The van der Waals surface area contributed by atoms with Crippen molar-refractivity contribution >= 4 is 17.7 Å². The molecule has 0 saturated carbocycles. The van der Waals surface area contributed by atoms with Crippen LogP contribution < -0.4 is 0 Å². The predicted octanol–water partition coefficient (Wildman–Crippen LogP) is 3.64. The van der Waals surface area contributed by atoms with Gasteiger partial charge in [0.2, 0.25) is 0 Å². The second-order valence-corrected chi connectivity index (χ2v) is 7.39. The molecule has 1 amide bonds. The van der Waals surface area contributed by atoms with E-state index in [0.717, 1.165) is 5.56 Å². The van der Waals surface area contributed by atoms with Gasteiger partial charge in [0, 0.05) is 24.0 Å². The fourth-order valence-corrected chi connectivity index (χ4v) is 2.93. The number of ether oxygens (including phenoxy) is 1. The van der Waals surface area contributed by atoms with Gasteiger partial charge in [-0.15, -0.1) is 0 Å². The lowest BCUT2D eigenvalue weighted by Gasteiger charge is -2.37. The van der Waals surface area contributed by atoms with Crippen LogP contribution in [0.2, 0.25) is 5.02 Å². The molecule has 0 spiro atoms. The minimum absolute atomic E-state index is 0.153. The summed E-state index contributed by atoms with van der Waals surface area (Å²) in [6.07, 6.45) is 0.0804. The molecule has 23 heavy (non-hydrogen) atoms. The molecule has 1 heterocycles. The van der Waals surface area contributed by atoms with Gasteiger partial charge in [0.1, 0.15) is 11.4 Å². The van der Waals surface area contributed by atoms with Crippen LogP contribution in [0.4, 0.5) is 9.18 Å². The van der Waals surface area contributed by atoms with Gasteiger partial charge in [0.05, 0.1) is 6.10 Å². The molecule has 0 radical (unpaired) electrons. The minimum atomic E-state index is -0.553. The van der Waals surface area contributed by atoms with E-state index in [1.807, 2.05) is 20.8 Å². The van der Waals surface area contributed by atoms with Gasteiger partial charge in [-0.1, -0.05) is 17.7 Å². The summed E-state index contributed by atoms with van der Waals surface area (Å²) in [6, 6.07) is 4.23. The average Bonchev–Trinajstić information content (AvgIpc) is 2.42. The van der Waals surface area contributed by atoms with Crippen LogP contribution >= 0.6 is 11.6 Å². The van der Waals surface area contributed by atoms with E-state index in [2.05, 4.69) is 0 Å². The van der Waals surface area contributed by atoms with Gasteiger partial charge in [0.15, 0.2) is 0 Å². The van der Waals surface area contributed by atoms with E-state index in [4.69, 9.17) is 16.3 Å². The molecule has 1 fully saturated rings. The second kappa shape index (κ2) is 7.05. The number of hydrogen-bond donors (Lipinski definition) is 1. The molecule has 2 unspecified atom stereocenters. The molecule has 6 heteroatoms. The Hall–Kier alpha value is -1.33. The van der Waals surface area contributed by atoms with Crippen molar-refractivity contribution in [1.29, 1.82) is 0 Å². The quantitative estimate of drug-likeness (QED) is 0.892. The largest absolute Gasteiger partial charge is 0.444 e. The van der Waals surface area contributed by atoms with Crippen molar-refractivity contribution in [3.8, 4) is 0 Å².